The van der Waals surface area contributed by atoms with Gasteiger partial charge in [-0.1, -0.05) is 34.1 Å². The van der Waals surface area contributed by atoms with Gasteiger partial charge in [-0.3, -0.25) is 0 Å². The lowest BCUT2D eigenvalue weighted by Gasteiger charge is -2.40. The number of hydrogen-bond acceptors (Lipinski definition) is 3. The molecule has 5 nitrogen and oxygen atoms in total. The summed E-state index contributed by atoms with van der Waals surface area (Å²) >= 11 is 0. The molecule has 0 bridgehead atoms. The van der Waals surface area contributed by atoms with Crippen molar-refractivity contribution < 1.29 is 13.5 Å². The molecule has 0 aromatic heterocycles. The van der Waals surface area contributed by atoms with Crippen LogP contribution in [0.2, 0.25) is 0 Å². The zero-order valence-corrected chi connectivity index (χ0v) is 14.8. The molecule has 1 aliphatic rings. The minimum atomic E-state index is -3.50. The fraction of sp³-hybridized carbons (Fsp3) is 1.00. The van der Waals surface area contributed by atoms with Gasteiger partial charge in [-0.05, 0) is 31.6 Å². The molecule has 0 aromatic rings. The molecule has 1 heterocycles. The predicted octanol–water partition coefficient (Wildman–Crippen LogP) is 2.22. The largest absolute Gasteiger partial charge is 0.395 e. The molecule has 0 aromatic carbocycles. The monoisotopic (exact) mass is 320 g/mol. The van der Waals surface area contributed by atoms with E-state index in [-0.39, 0.29) is 24.6 Å². The van der Waals surface area contributed by atoms with E-state index in [1.807, 2.05) is 27.7 Å². The topological polar surface area (TPSA) is 60.9 Å². The second kappa shape index (κ2) is 8.46. The summed E-state index contributed by atoms with van der Waals surface area (Å²) in [5.41, 5.74) is 0. The molecular weight excluding hydrogens is 288 g/mol. The average molecular weight is 320 g/mol. The molecule has 1 fully saturated rings. The fourth-order valence-corrected chi connectivity index (χ4v) is 5.42. The summed E-state index contributed by atoms with van der Waals surface area (Å²) in [4.78, 5) is 0. The van der Waals surface area contributed by atoms with Crippen LogP contribution in [0.15, 0.2) is 0 Å². The summed E-state index contributed by atoms with van der Waals surface area (Å²) in [6.07, 6.45) is 4.27. The van der Waals surface area contributed by atoms with Crippen molar-refractivity contribution in [3.63, 3.8) is 0 Å². The highest BCUT2D eigenvalue weighted by atomic mass is 32.2. The van der Waals surface area contributed by atoms with Crippen molar-refractivity contribution in [3.05, 3.63) is 0 Å². The molecule has 1 saturated heterocycles. The van der Waals surface area contributed by atoms with Crippen LogP contribution >= 0.6 is 0 Å². The lowest BCUT2D eigenvalue weighted by atomic mass is 10.1. The van der Waals surface area contributed by atoms with Gasteiger partial charge in [-0.25, -0.2) is 0 Å². The Hall–Kier alpha value is -0.170. The maximum atomic E-state index is 13.1. The van der Waals surface area contributed by atoms with Gasteiger partial charge in [0, 0.05) is 25.2 Å². The average Bonchev–Trinajstić information content (AvgIpc) is 2.47. The predicted molar refractivity (Wildman–Crippen MR) is 86.3 cm³/mol. The molecule has 21 heavy (non-hydrogen) atoms. The van der Waals surface area contributed by atoms with E-state index < -0.39 is 10.2 Å². The molecule has 0 saturated carbocycles. The number of rotatable bonds is 8. The van der Waals surface area contributed by atoms with Gasteiger partial charge in [0.1, 0.15) is 0 Å². The summed E-state index contributed by atoms with van der Waals surface area (Å²) in [6.45, 7) is 9.16. The van der Waals surface area contributed by atoms with Crippen LogP contribution in [0, 0.1) is 5.92 Å². The van der Waals surface area contributed by atoms with Crippen molar-refractivity contribution in [1.82, 2.24) is 8.61 Å². The molecule has 1 N–H and O–H groups in total. The maximum Gasteiger partial charge on any atom is 0.282 e. The van der Waals surface area contributed by atoms with Crippen molar-refractivity contribution >= 4 is 10.2 Å². The highest BCUT2D eigenvalue weighted by Crippen LogP contribution is 2.26. The molecule has 126 valence electrons. The molecule has 6 heteroatoms. The van der Waals surface area contributed by atoms with Gasteiger partial charge >= 0.3 is 0 Å². The Bertz CT molecular complexity index is 394. The first-order valence-electron chi connectivity index (χ1n) is 8.27. The highest BCUT2D eigenvalue weighted by molar-refractivity contribution is 7.86. The lowest BCUT2D eigenvalue weighted by Crippen LogP contribution is -2.55. The van der Waals surface area contributed by atoms with E-state index in [1.54, 1.807) is 4.31 Å². The molecule has 1 atom stereocenters. The summed E-state index contributed by atoms with van der Waals surface area (Å²) in [5, 5.41) is 9.52. The van der Waals surface area contributed by atoms with Crippen LogP contribution in [0.3, 0.4) is 0 Å². The number of aliphatic hydroxyl groups excluding tert-OH is 1. The van der Waals surface area contributed by atoms with E-state index >= 15 is 0 Å². The van der Waals surface area contributed by atoms with Crippen molar-refractivity contribution in [2.45, 2.75) is 71.9 Å². The highest BCUT2D eigenvalue weighted by Gasteiger charge is 2.38. The molecule has 1 aliphatic heterocycles. The molecule has 0 amide bonds. The first kappa shape index (κ1) is 18.9. The lowest BCUT2D eigenvalue weighted by molar-refractivity contribution is 0.141. The van der Waals surface area contributed by atoms with Crippen LogP contribution in [-0.4, -0.2) is 53.9 Å². The summed E-state index contributed by atoms with van der Waals surface area (Å²) in [6, 6.07) is -0.216. The minimum absolute atomic E-state index is 0.0404. The Morgan fingerprint density at radius 1 is 1.24 bits per heavy atom. The third kappa shape index (κ3) is 4.65. The smallest absolute Gasteiger partial charge is 0.282 e. The number of piperidine rings is 1. The third-order valence-electron chi connectivity index (χ3n) is 4.27. The van der Waals surface area contributed by atoms with Crippen LogP contribution in [0.1, 0.15) is 59.8 Å². The Kier molecular flexibility index (Phi) is 7.60. The summed E-state index contributed by atoms with van der Waals surface area (Å²) < 4.78 is 29.4. The second-order valence-corrected chi connectivity index (χ2v) is 8.22. The quantitative estimate of drug-likeness (QED) is 0.746. The van der Waals surface area contributed by atoms with Gasteiger partial charge in [-0.2, -0.15) is 17.0 Å². The molecule has 0 radical (unpaired) electrons. The van der Waals surface area contributed by atoms with E-state index in [2.05, 4.69) is 0 Å². The standard InChI is InChI=1S/C15H32N2O3S/c1-5-14(6-2)17(11-13(3)4)21(19,20)16-10-8-7-9-15(16)12-18/h13-15,18H,5-12H2,1-4H3. The van der Waals surface area contributed by atoms with E-state index in [9.17, 15) is 13.5 Å². The molecule has 0 aliphatic carbocycles. The first-order valence-corrected chi connectivity index (χ1v) is 9.67. The Morgan fingerprint density at radius 3 is 2.33 bits per heavy atom. The molecule has 0 spiro atoms. The van der Waals surface area contributed by atoms with E-state index in [0.717, 1.165) is 32.1 Å². The van der Waals surface area contributed by atoms with Gasteiger partial charge in [0.05, 0.1) is 6.61 Å². The first-order chi connectivity index (χ1) is 9.88. The van der Waals surface area contributed by atoms with Crippen molar-refractivity contribution in [2.75, 3.05) is 19.7 Å². The SMILES string of the molecule is CCC(CC)N(CC(C)C)S(=O)(=O)N1CCCCC1CO. The van der Waals surface area contributed by atoms with E-state index in [4.69, 9.17) is 0 Å². The van der Waals surface area contributed by atoms with Crippen molar-refractivity contribution in [2.24, 2.45) is 5.92 Å². The van der Waals surface area contributed by atoms with Crippen LogP contribution in [-0.2, 0) is 10.2 Å². The third-order valence-corrected chi connectivity index (χ3v) is 6.38. The van der Waals surface area contributed by atoms with Crippen molar-refractivity contribution in [1.29, 1.82) is 0 Å². The van der Waals surface area contributed by atoms with Gasteiger partial charge < -0.3 is 5.11 Å². The summed E-state index contributed by atoms with van der Waals surface area (Å²) in [5.74, 6) is 0.290. The minimum Gasteiger partial charge on any atom is -0.395 e. The van der Waals surface area contributed by atoms with Gasteiger partial charge in [0.15, 0.2) is 0 Å². The Balaban J connectivity index is 3.06. The van der Waals surface area contributed by atoms with E-state index in [1.165, 1.54) is 4.31 Å². The normalized spacial score (nSPS) is 21.6. The van der Waals surface area contributed by atoms with Crippen LogP contribution in [0.5, 0.6) is 0 Å². The second-order valence-electron chi connectivity index (χ2n) is 6.38. The number of aliphatic hydroxyl groups is 1. The van der Waals surface area contributed by atoms with Crippen LogP contribution < -0.4 is 0 Å². The van der Waals surface area contributed by atoms with E-state index in [0.29, 0.717) is 13.1 Å². The number of nitrogens with zero attached hydrogens (tertiary/aromatic N) is 2. The van der Waals surface area contributed by atoms with Crippen LogP contribution in [0.4, 0.5) is 0 Å². The summed E-state index contributed by atoms with van der Waals surface area (Å²) in [7, 11) is -3.50. The van der Waals surface area contributed by atoms with Gasteiger partial charge in [-0.15, -0.1) is 0 Å². The van der Waals surface area contributed by atoms with Crippen LogP contribution in [0.25, 0.3) is 0 Å². The molecular formula is C15H32N2O3S. The molecule has 1 rings (SSSR count). The zero-order valence-electron chi connectivity index (χ0n) is 14.0. The molecule has 1 unspecified atom stereocenters. The maximum absolute atomic E-state index is 13.1. The fourth-order valence-electron chi connectivity index (χ4n) is 3.08. The number of hydrogen-bond donors (Lipinski definition) is 1. The van der Waals surface area contributed by atoms with Gasteiger partial charge in [0.25, 0.3) is 10.2 Å². The Labute approximate surface area is 130 Å². The van der Waals surface area contributed by atoms with Crippen molar-refractivity contribution in [3.8, 4) is 0 Å². The van der Waals surface area contributed by atoms with Gasteiger partial charge in [0.2, 0.25) is 0 Å². The zero-order chi connectivity index (χ0) is 16.0. The Morgan fingerprint density at radius 2 is 1.86 bits per heavy atom.